The van der Waals surface area contributed by atoms with Crippen molar-refractivity contribution in [3.05, 3.63) is 0 Å². The van der Waals surface area contributed by atoms with Crippen molar-refractivity contribution in [3.8, 4) is 0 Å². The lowest BCUT2D eigenvalue weighted by Crippen LogP contribution is -2.44. The van der Waals surface area contributed by atoms with Crippen LogP contribution in [0.25, 0.3) is 0 Å². The first-order valence-electron chi connectivity index (χ1n) is 10.9. The van der Waals surface area contributed by atoms with Gasteiger partial charge in [-0.25, -0.2) is 0 Å². The molecule has 0 saturated carbocycles. The maximum absolute atomic E-state index is 13.0. The number of carbonyl (C=O) groups excluding carboxylic acids is 2. The Bertz CT molecular complexity index is 384. The molecule has 0 radical (unpaired) electrons. The maximum atomic E-state index is 13.0. The van der Waals surface area contributed by atoms with Crippen LogP contribution in [0, 0.1) is 17.3 Å². The van der Waals surface area contributed by atoms with E-state index in [0.29, 0.717) is 24.7 Å². The van der Waals surface area contributed by atoms with Crippen molar-refractivity contribution in [1.29, 1.82) is 0 Å². The zero-order valence-corrected chi connectivity index (χ0v) is 19.1. The molecule has 0 unspecified atom stereocenters. The Hall–Kier alpha value is -1.06. The van der Waals surface area contributed by atoms with Gasteiger partial charge in [-0.1, -0.05) is 66.2 Å². The van der Waals surface area contributed by atoms with Crippen LogP contribution in [-0.4, -0.2) is 24.1 Å². The van der Waals surface area contributed by atoms with Crippen molar-refractivity contribution < 1.29 is 19.1 Å². The lowest BCUT2D eigenvalue weighted by atomic mass is 9.77. The number of hydrogen-bond donors (Lipinski definition) is 0. The Morgan fingerprint density at radius 1 is 0.630 bits per heavy atom. The quantitative estimate of drug-likeness (QED) is 0.200. The summed E-state index contributed by atoms with van der Waals surface area (Å²) < 4.78 is 11.1. The molecule has 0 aliphatic rings. The molecular formula is C23H44O4. The van der Waals surface area contributed by atoms with Crippen LogP contribution in [-0.2, 0) is 19.1 Å². The highest BCUT2D eigenvalue weighted by Crippen LogP contribution is 2.36. The van der Waals surface area contributed by atoms with E-state index in [4.69, 9.17) is 9.47 Å². The molecule has 0 aromatic heterocycles. The fourth-order valence-electron chi connectivity index (χ4n) is 3.23. The summed E-state index contributed by atoms with van der Waals surface area (Å²) in [5.74, 6) is 0.431. The van der Waals surface area contributed by atoms with E-state index in [1.165, 1.54) is 0 Å². The van der Waals surface area contributed by atoms with Crippen molar-refractivity contribution in [2.45, 2.75) is 119 Å². The first-order chi connectivity index (χ1) is 12.5. The monoisotopic (exact) mass is 384 g/mol. The van der Waals surface area contributed by atoms with Crippen LogP contribution in [0.15, 0.2) is 0 Å². The molecule has 0 saturated heterocycles. The zero-order valence-electron chi connectivity index (χ0n) is 19.1. The smallest absolute Gasteiger partial charge is 0.323 e. The van der Waals surface area contributed by atoms with E-state index in [9.17, 15) is 9.59 Å². The predicted octanol–water partition coefficient (Wildman–Crippen LogP) is 6.31. The third-order valence-electron chi connectivity index (χ3n) is 4.74. The predicted molar refractivity (Wildman–Crippen MR) is 112 cm³/mol. The van der Waals surface area contributed by atoms with Gasteiger partial charge in [0.2, 0.25) is 0 Å². The summed E-state index contributed by atoms with van der Waals surface area (Å²) in [5, 5.41) is 0. The Balaban J connectivity index is 5.38. The lowest BCUT2D eigenvalue weighted by Gasteiger charge is -2.31. The zero-order chi connectivity index (χ0) is 21.0. The molecule has 4 nitrogen and oxygen atoms in total. The molecule has 0 heterocycles. The molecule has 0 aliphatic heterocycles. The molecular weight excluding hydrogens is 340 g/mol. The highest BCUT2D eigenvalue weighted by atomic mass is 16.6. The number of unbranched alkanes of at least 4 members (excludes halogenated alkanes) is 2. The van der Waals surface area contributed by atoms with Crippen molar-refractivity contribution in [2.24, 2.45) is 17.3 Å². The number of carbonyl (C=O) groups is 2. The highest BCUT2D eigenvalue weighted by Gasteiger charge is 2.48. The van der Waals surface area contributed by atoms with Crippen LogP contribution in [0.2, 0.25) is 0 Å². The van der Waals surface area contributed by atoms with Crippen LogP contribution in [0.5, 0.6) is 0 Å². The summed E-state index contributed by atoms with van der Waals surface area (Å²) in [7, 11) is 0. The number of hydrogen-bond acceptors (Lipinski definition) is 4. The Morgan fingerprint density at radius 3 is 1.22 bits per heavy atom. The van der Waals surface area contributed by atoms with Crippen molar-refractivity contribution in [1.82, 2.24) is 0 Å². The standard InChI is InChI=1S/C23H44O4/c1-17(2)13-9-11-15-23(21(24)26-19(5)6,22(25)27-20(7)8)16-12-10-14-18(3)4/h17-20H,9-16H2,1-8H3. The molecule has 0 spiro atoms. The molecule has 0 aliphatic carbocycles. The summed E-state index contributed by atoms with van der Waals surface area (Å²) in [5.41, 5.74) is -1.16. The van der Waals surface area contributed by atoms with Gasteiger partial charge >= 0.3 is 11.9 Å². The van der Waals surface area contributed by atoms with Gasteiger partial charge in [-0.05, 0) is 52.4 Å². The molecule has 160 valence electrons. The second-order valence-corrected chi connectivity index (χ2v) is 9.27. The van der Waals surface area contributed by atoms with Gasteiger partial charge in [0.1, 0.15) is 0 Å². The van der Waals surface area contributed by atoms with E-state index in [0.717, 1.165) is 38.5 Å². The van der Waals surface area contributed by atoms with E-state index < -0.39 is 17.4 Å². The summed E-state index contributed by atoms with van der Waals surface area (Å²) in [6.45, 7) is 16.1. The van der Waals surface area contributed by atoms with Gasteiger partial charge in [-0.15, -0.1) is 0 Å². The average Bonchev–Trinajstić information content (AvgIpc) is 2.51. The van der Waals surface area contributed by atoms with Gasteiger partial charge in [-0.3, -0.25) is 9.59 Å². The molecule has 0 bridgehead atoms. The van der Waals surface area contributed by atoms with Crippen molar-refractivity contribution in [3.63, 3.8) is 0 Å². The second-order valence-electron chi connectivity index (χ2n) is 9.27. The summed E-state index contributed by atoms with van der Waals surface area (Å²) >= 11 is 0. The Labute approximate surface area is 167 Å². The molecule has 0 rings (SSSR count). The minimum atomic E-state index is -1.16. The molecule has 0 fully saturated rings. The first kappa shape index (κ1) is 25.9. The second kappa shape index (κ2) is 13.2. The molecule has 0 amide bonds. The van der Waals surface area contributed by atoms with E-state index in [1.54, 1.807) is 0 Å². The van der Waals surface area contributed by atoms with Crippen LogP contribution in [0.4, 0.5) is 0 Å². The number of esters is 2. The van der Waals surface area contributed by atoms with Gasteiger partial charge in [-0.2, -0.15) is 0 Å². The SMILES string of the molecule is CC(C)CCCCC(CCCCC(C)C)(C(=O)OC(C)C)C(=O)OC(C)C. The van der Waals surface area contributed by atoms with Crippen LogP contribution in [0.1, 0.15) is 107 Å². The third kappa shape index (κ3) is 10.8. The minimum absolute atomic E-state index is 0.241. The molecule has 4 heteroatoms. The number of rotatable bonds is 14. The van der Waals surface area contributed by atoms with Gasteiger partial charge < -0.3 is 9.47 Å². The molecule has 0 N–H and O–H groups in total. The third-order valence-corrected chi connectivity index (χ3v) is 4.74. The fraction of sp³-hybridized carbons (Fsp3) is 0.913. The lowest BCUT2D eigenvalue weighted by molar-refractivity contribution is -0.178. The largest absolute Gasteiger partial charge is 0.462 e. The van der Waals surface area contributed by atoms with Crippen LogP contribution >= 0.6 is 0 Å². The molecule has 0 aromatic rings. The average molecular weight is 385 g/mol. The Kier molecular flexibility index (Phi) is 12.7. The van der Waals surface area contributed by atoms with Gasteiger partial charge in [0, 0.05) is 0 Å². The van der Waals surface area contributed by atoms with E-state index in [-0.39, 0.29) is 12.2 Å². The van der Waals surface area contributed by atoms with Gasteiger partial charge in [0.15, 0.2) is 5.41 Å². The van der Waals surface area contributed by atoms with Crippen LogP contribution in [0.3, 0.4) is 0 Å². The van der Waals surface area contributed by atoms with Gasteiger partial charge in [0.25, 0.3) is 0 Å². The molecule has 0 atom stereocenters. The van der Waals surface area contributed by atoms with E-state index >= 15 is 0 Å². The van der Waals surface area contributed by atoms with E-state index in [2.05, 4.69) is 27.7 Å². The fourth-order valence-corrected chi connectivity index (χ4v) is 3.23. The van der Waals surface area contributed by atoms with Crippen molar-refractivity contribution in [2.75, 3.05) is 0 Å². The van der Waals surface area contributed by atoms with Crippen molar-refractivity contribution >= 4 is 11.9 Å². The first-order valence-corrected chi connectivity index (χ1v) is 10.9. The summed E-state index contributed by atoms with van der Waals surface area (Å²) in [6.07, 6.45) is 6.43. The topological polar surface area (TPSA) is 52.6 Å². The van der Waals surface area contributed by atoms with Crippen LogP contribution < -0.4 is 0 Å². The van der Waals surface area contributed by atoms with E-state index in [1.807, 2.05) is 27.7 Å². The van der Waals surface area contributed by atoms with Gasteiger partial charge in [0.05, 0.1) is 12.2 Å². The summed E-state index contributed by atoms with van der Waals surface area (Å²) in [4.78, 5) is 26.1. The Morgan fingerprint density at radius 2 is 0.963 bits per heavy atom. The number of ether oxygens (including phenoxy) is 2. The summed E-state index contributed by atoms with van der Waals surface area (Å²) in [6, 6.07) is 0. The molecule has 0 aromatic carbocycles. The molecule has 27 heavy (non-hydrogen) atoms. The maximum Gasteiger partial charge on any atom is 0.323 e. The minimum Gasteiger partial charge on any atom is -0.462 e. The normalized spacial score (nSPS) is 12.3. The highest BCUT2D eigenvalue weighted by molar-refractivity contribution is 6.00.